The van der Waals surface area contributed by atoms with E-state index in [0.717, 1.165) is 10.7 Å². The Hall–Kier alpha value is -2.92. The van der Waals surface area contributed by atoms with Gasteiger partial charge in [-0.05, 0) is 24.3 Å². The van der Waals surface area contributed by atoms with Gasteiger partial charge in [0.25, 0.3) is 5.69 Å². The highest BCUT2D eigenvalue weighted by Crippen LogP contribution is 2.42. The van der Waals surface area contributed by atoms with E-state index in [2.05, 4.69) is 10.4 Å². The highest BCUT2D eigenvalue weighted by Gasteiger charge is 2.39. The lowest BCUT2D eigenvalue weighted by Gasteiger charge is -2.18. The number of nitrogens with zero attached hydrogens (tertiary/aromatic N) is 5. The molecule has 130 valence electrons. The zero-order chi connectivity index (χ0) is 18.2. The molecule has 0 saturated heterocycles. The molecule has 0 aliphatic heterocycles. The standard InChI is InChI=1S/C12H12F3N5O4/c1-6(2)24-10-8(12(13,14)15)4-7(20(22)23)5-9(10)19-11(21)18(3)16-17-19/h4-6H,1-3H3. The monoisotopic (exact) mass is 347 g/mol. The second-order valence-electron chi connectivity index (χ2n) is 5.06. The van der Waals surface area contributed by atoms with Gasteiger partial charge in [0.05, 0.1) is 11.0 Å². The first-order valence-electron chi connectivity index (χ1n) is 6.58. The van der Waals surface area contributed by atoms with E-state index < -0.39 is 45.6 Å². The van der Waals surface area contributed by atoms with E-state index >= 15 is 0 Å². The van der Waals surface area contributed by atoms with Crippen LogP contribution in [0.5, 0.6) is 5.75 Å². The molecule has 0 radical (unpaired) electrons. The predicted octanol–water partition coefficient (Wildman–Crippen LogP) is 1.68. The van der Waals surface area contributed by atoms with E-state index in [-0.39, 0.29) is 0 Å². The van der Waals surface area contributed by atoms with E-state index in [9.17, 15) is 28.1 Å². The van der Waals surface area contributed by atoms with Crippen molar-refractivity contribution >= 4 is 5.69 Å². The number of aryl methyl sites for hydroxylation is 1. The highest BCUT2D eigenvalue weighted by atomic mass is 19.4. The minimum Gasteiger partial charge on any atom is -0.488 e. The molecule has 2 rings (SSSR count). The van der Waals surface area contributed by atoms with Crippen molar-refractivity contribution < 1.29 is 22.8 Å². The molecular weight excluding hydrogens is 335 g/mol. The first-order valence-corrected chi connectivity index (χ1v) is 6.58. The molecule has 2 aromatic rings. The zero-order valence-corrected chi connectivity index (χ0v) is 12.7. The van der Waals surface area contributed by atoms with E-state index in [1.807, 2.05) is 0 Å². The van der Waals surface area contributed by atoms with Crippen LogP contribution in [0.25, 0.3) is 5.69 Å². The van der Waals surface area contributed by atoms with Crippen molar-refractivity contribution in [1.82, 2.24) is 19.8 Å². The van der Waals surface area contributed by atoms with Crippen LogP contribution in [-0.2, 0) is 13.2 Å². The highest BCUT2D eigenvalue weighted by molar-refractivity contribution is 5.59. The normalized spacial score (nSPS) is 11.8. The molecule has 0 aliphatic carbocycles. The van der Waals surface area contributed by atoms with Crippen LogP contribution in [-0.4, -0.2) is 30.8 Å². The maximum atomic E-state index is 13.3. The Morgan fingerprint density at radius 2 is 1.92 bits per heavy atom. The Bertz CT molecular complexity index is 840. The Labute approximate surface area is 132 Å². The van der Waals surface area contributed by atoms with E-state index in [1.165, 1.54) is 20.9 Å². The van der Waals surface area contributed by atoms with Crippen molar-refractivity contribution in [3.8, 4) is 11.4 Å². The Kier molecular flexibility index (Phi) is 4.32. The van der Waals surface area contributed by atoms with Gasteiger partial charge in [-0.3, -0.25) is 10.1 Å². The van der Waals surface area contributed by atoms with Crippen LogP contribution in [0.4, 0.5) is 18.9 Å². The number of tetrazole rings is 1. The lowest BCUT2D eigenvalue weighted by Crippen LogP contribution is -2.24. The van der Waals surface area contributed by atoms with Gasteiger partial charge in [-0.1, -0.05) is 0 Å². The van der Waals surface area contributed by atoms with Gasteiger partial charge in [-0.15, -0.1) is 0 Å². The Balaban J connectivity index is 2.88. The topological polar surface area (TPSA) is 105 Å². The lowest BCUT2D eigenvalue weighted by molar-refractivity contribution is -0.385. The van der Waals surface area contributed by atoms with Crippen molar-refractivity contribution in [3.63, 3.8) is 0 Å². The van der Waals surface area contributed by atoms with Crippen LogP contribution in [0.3, 0.4) is 0 Å². The number of nitro groups is 1. The molecule has 12 heteroatoms. The molecule has 1 aromatic carbocycles. The molecule has 0 atom stereocenters. The SMILES string of the molecule is CC(C)Oc1c(-n2nnn(C)c2=O)cc([N+](=O)[O-])cc1C(F)(F)F. The summed E-state index contributed by atoms with van der Waals surface area (Å²) >= 11 is 0. The van der Waals surface area contributed by atoms with E-state index in [0.29, 0.717) is 10.7 Å². The summed E-state index contributed by atoms with van der Waals surface area (Å²) in [7, 11) is 1.23. The number of hydrogen-bond donors (Lipinski definition) is 0. The second-order valence-corrected chi connectivity index (χ2v) is 5.06. The quantitative estimate of drug-likeness (QED) is 0.615. The number of halogens is 3. The van der Waals surface area contributed by atoms with Crippen LogP contribution < -0.4 is 10.4 Å². The second kappa shape index (κ2) is 5.94. The number of hydrogen-bond acceptors (Lipinski definition) is 6. The third-order valence-electron chi connectivity index (χ3n) is 2.87. The molecule has 0 aliphatic rings. The third-order valence-corrected chi connectivity index (χ3v) is 2.87. The van der Waals surface area contributed by atoms with Crippen LogP contribution >= 0.6 is 0 Å². The summed E-state index contributed by atoms with van der Waals surface area (Å²) in [6.45, 7) is 2.95. The fraction of sp³-hybridized carbons (Fsp3) is 0.417. The largest absolute Gasteiger partial charge is 0.488 e. The third kappa shape index (κ3) is 3.21. The van der Waals surface area contributed by atoms with Crippen LogP contribution in [0.1, 0.15) is 19.4 Å². The molecule has 9 nitrogen and oxygen atoms in total. The minimum absolute atomic E-state index is 0.350. The molecule has 0 bridgehead atoms. The van der Waals surface area contributed by atoms with Crippen molar-refractivity contribution in [2.45, 2.75) is 26.1 Å². The maximum absolute atomic E-state index is 13.3. The number of aromatic nitrogens is 4. The van der Waals surface area contributed by atoms with Gasteiger partial charge in [0.1, 0.15) is 11.3 Å². The summed E-state index contributed by atoms with van der Waals surface area (Å²) in [6, 6.07) is 1.13. The number of benzene rings is 1. The van der Waals surface area contributed by atoms with Gasteiger partial charge in [-0.2, -0.15) is 22.5 Å². The van der Waals surface area contributed by atoms with E-state index in [4.69, 9.17) is 4.74 Å². The molecule has 0 spiro atoms. The number of nitro benzene ring substituents is 1. The Morgan fingerprint density at radius 1 is 1.29 bits per heavy atom. The van der Waals surface area contributed by atoms with Crippen molar-refractivity contribution in [1.29, 1.82) is 0 Å². The summed E-state index contributed by atoms with van der Waals surface area (Å²) in [4.78, 5) is 21.9. The van der Waals surface area contributed by atoms with Crippen LogP contribution in [0, 0.1) is 10.1 Å². The predicted molar refractivity (Wildman–Crippen MR) is 74.0 cm³/mol. The number of ether oxygens (including phenoxy) is 1. The maximum Gasteiger partial charge on any atom is 0.420 e. The molecular formula is C12H12F3N5O4. The molecule has 1 aromatic heterocycles. The first-order chi connectivity index (χ1) is 11.0. The summed E-state index contributed by atoms with van der Waals surface area (Å²) in [6.07, 6.45) is -5.62. The number of alkyl halides is 3. The molecule has 0 fully saturated rings. The number of rotatable bonds is 4. The molecule has 0 unspecified atom stereocenters. The van der Waals surface area contributed by atoms with Crippen molar-refractivity contribution in [2.24, 2.45) is 7.05 Å². The molecule has 0 amide bonds. The summed E-state index contributed by atoms with van der Waals surface area (Å²) in [5.74, 6) is -0.731. The smallest absolute Gasteiger partial charge is 0.420 e. The molecule has 1 heterocycles. The summed E-state index contributed by atoms with van der Waals surface area (Å²) in [5.41, 5.74) is -3.62. The van der Waals surface area contributed by atoms with Gasteiger partial charge in [0.15, 0.2) is 5.75 Å². The average Bonchev–Trinajstić information content (AvgIpc) is 2.77. The molecule has 0 N–H and O–H groups in total. The molecule has 24 heavy (non-hydrogen) atoms. The van der Waals surface area contributed by atoms with Crippen LogP contribution in [0.2, 0.25) is 0 Å². The number of non-ortho nitro benzene ring substituents is 1. The lowest BCUT2D eigenvalue weighted by atomic mass is 10.1. The van der Waals surface area contributed by atoms with Gasteiger partial charge in [0, 0.05) is 19.2 Å². The van der Waals surface area contributed by atoms with Crippen molar-refractivity contribution in [2.75, 3.05) is 0 Å². The van der Waals surface area contributed by atoms with Gasteiger partial charge >= 0.3 is 11.9 Å². The fourth-order valence-corrected chi connectivity index (χ4v) is 1.90. The van der Waals surface area contributed by atoms with Gasteiger partial charge in [-0.25, -0.2) is 4.79 Å². The summed E-state index contributed by atoms with van der Waals surface area (Å²) in [5, 5.41) is 17.8. The summed E-state index contributed by atoms with van der Waals surface area (Å²) < 4.78 is 46.4. The fourth-order valence-electron chi connectivity index (χ4n) is 1.90. The van der Waals surface area contributed by atoms with Crippen molar-refractivity contribution in [3.05, 3.63) is 38.3 Å². The van der Waals surface area contributed by atoms with Gasteiger partial charge in [0.2, 0.25) is 0 Å². The van der Waals surface area contributed by atoms with Crippen LogP contribution in [0.15, 0.2) is 16.9 Å². The zero-order valence-electron chi connectivity index (χ0n) is 12.7. The Morgan fingerprint density at radius 3 is 2.33 bits per heavy atom. The minimum atomic E-state index is -4.93. The van der Waals surface area contributed by atoms with E-state index in [1.54, 1.807) is 0 Å². The first kappa shape index (κ1) is 17.4. The van der Waals surface area contributed by atoms with Gasteiger partial charge < -0.3 is 4.74 Å². The average molecular weight is 347 g/mol. The molecule has 0 saturated carbocycles.